The first-order valence-electron chi connectivity index (χ1n) is 11.2. The molecule has 0 aliphatic heterocycles. The zero-order valence-electron chi connectivity index (χ0n) is 19.2. The van der Waals surface area contributed by atoms with Gasteiger partial charge in [-0.1, -0.05) is 60.7 Å². The van der Waals surface area contributed by atoms with Crippen LogP contribution in [0.5, 0.6) is 5.75 Å². The normalized spacial score (nSPS) is 13.2. The maximum atomic E-state index is 12.1. The van der Waals surface area contributed by atoms with Gasteiger partial charge in [0.25, 0.3) is 10.1 Å². The summed E-state index contributed by atoms with van der Waals surface area (Å²) in [5.41, 5.74) is 10.8. The number of nitrogens with zero attached hydrogens (tertiary/aromatic N) is 2. The first-order valence-corrected chi connectivity index (χ1v) is 13.0. The number of aliphatic imine (C=N–C) groups is 1. The Labute approximate surface area is 204 Å². The van der Waals surface area contributed by atoms with E-state index in [-0.39, 0.29) is 5.96 Å². The molecular formula is C27H25N3O4S. The zero-order valence-corrected chi connectivity index (χ0v) is 20.0. The van der Waals surface area contributed by atoms with Crippen LogP contribution in [0.4, 0.5) is 11.4 Å². The van der Waals surface area contributed by atoms with Crippen molar-refractivity contribution in [2.24, 2.45) is 10.7 Å². The van der Waals surface area contributed by atoms with Gasteiger partial charge in [0.2, 0.25) is 5.96 Å². The second-order valence-electron chi connectivity index (χ2n) is 8.40. The topological polar surface area (TPSA) is 94.2 Å². The second kappa shape index (κ2) is 9.40. The van der Waals surface area contributed by atoms with Gasteiger partial charge in [0.05, 0.1) is 17.6 Å². The van der Waals surface area contributed by atoms with E-state index < -0.39 is 10.1 Å². The number of hydrogen-bond donors (Lipinski definition) is 1. The summed E-state index contributed by atoms with van der Waals surface area (Å²) >= 11 is 0. The Kier molecular flexibility index (Phi) is 6.15. The Morgan fingerprint density at radius 2 is 1.69 bits per heavy atom. The van der Waals surface area contributed by atoms with Gasteiger partial charge in [0, 0.05) is 11.5 Å². The van der Waals surface area contributed by atoms with E-state index in [4.69, 9.17) is 14.8 Å². The van der Waals surface area contributed by atoms with Gasteiger partial charge in [-0.05, 0) is 53.1 Å². The number of rotatable bonds is 7. The minimum Gasteiger partial charge on any atom is -0.489 e. The molecule has 8 heteroatoms. The summed E-state index contributed by atoms with van der Waals surface area (Å²) in [6.45, 7) is 0.410. The summed E-state index contributed by atoms with van der Waals surface area (Å²) in [5, 5.41) is 3.05. The van der Waals surface area contributed by atoms with E-state index in [2.05, 4.69) is 11.1 Å². The van der Waals surface area contributed by atoms with Crippen LogP contribution in [0.15, 0.2) is 89.9 Å². The monoisotopic (exact) mass is 487 g/mol. The van der Waals surface area contributed by atoms with Crippen molar-refractivity contribution >= 4 is 38.2 Å². The van der Waals surface area contributed by atoms with Crippen molar-refractivity contribution in [2.75, 3.05) is 11.3 Å². The van der Waals surface area contributed by atoms with Crippen LogP contribution < -0.4 is 15.5 Å². The second-order valence-corrected chi connectivity index (χ2v) is 9.96. The van der Waals surface area contributed by atoms with Crippen molar-refractivity contribution in [1.82, 2.24) is 0 Å². The van der Waals surface area contributed by atoms with Crippen LogP contribution in [0.3, 0.4) is 0 Å². The van der Waals surface area contributed by atoms with Crippen LogP contribution >= 0.6 is 0 Å². The highest BCUT2D eigenvalue weighted by Gasteiger charge is 2.24. The summed E-state index contributed by atoms with van der Waals surface area (Å²) in [4.78, 5) is 4.45. The molecule has 0 bridgehead atoms. The Bertz CT molecular complexity index is 1510. The number of hydroxylamine groups is 1. The molecule has 0 spiro atoms. The van der Waals surface area contributed by atoms with Crippen LogP contribution in [-0.2, 0) is 33.9 Å². The average Bonchev–Trinajstić information content (AvgIpc) is 3.27. The molecule has 4 aromatic rings. The van der Waals surface area contributed by atoms with E-state index in [1.165, 1.54) is 11.1 Å². The maximum absolute atomic E-state index is 12.1. The molecule has 0 saturated carbocycles. The summed E-state index contributed by atoms with van der Waals surface area (Å²) in [6.07, 6.45) is 2.87. The van der Waals surface area contributed by atoms with Gasteiger partial charge < -0.3 is 10.5 Å². The predicted octanol–water partition coefficient (Wildman–Crippen LogP) is 4.86. The predicted molar refractivity (Wildman–Crippen MR) is 138 cm³/mol. The van der Waals surface area contributed by atoms with E-state index in [1.54, 1.807) is 18.2 Å². The van der Waals surface area contributed by atoms with Gasteiger partial charge in [0.15, 0.2) is 0 Å². The van der Waals surface area contributed by atoms with Crippen LogP contribution in [0.25, 0.3) is 10.8 Å². The lowest BCUT2D eigenvalue weighted by molar-refractivity contribution is 0.306. The summed E-state index contributed by atoms with van der Waals surface area (Å²) < 4.78 is 35.5. The third-order valence-corrected chi connectivity index (χ3v) is 6.22. The lowest BCUT2D eigenvalue weighted by Crippen LogP contribution is -2.39. The van der Waals surface area contributed by atoms with Crippen LogP contribution in [0, 0.1) is 0 Å². The molecule has 0 unspecified atom stereocenters. The molecule has 35 heavy (non-hydrogen) atoms. The van der Waals surface area contributed by atoms with Gasteiger partial charge in [-0.2, -0.15) is 13.5 Å². The third kappa shape index (κ3) is 5.13. The number of benzene rings is 4. The fraction of sp³-hybridized carbons (Fsp3) is 0.148. The van der Waals surface area contributed by atoms with Crippen molar-refractivity contribution in [3.8, 4) is 5.75 Å². The van der Waals surface area contributed by atoms with Crippen LogP contribution in [-0.4, -0.2) is 20.6 Å². The Morgan fingerprint density at radius 1 is 0.943 bits per heavy atom. The Morgan fingerprint density at radius 3 is 2.46 bits per heavy atom. The summed E-state index contributed by atoms with van der Waals surface area (Å²) in [7, 11) is -3.89. The van der Waals surface area contributed by atoms with Crippen LogP contribution in [0.2, 0.25) is 0 Å². The fourth-order valence-electron chi connectivity index (χ4n) is 4.31. The van der Waals surface area contributed by atoms with Crippen molar-refractivity contribution in [3.63, 3.8) is 0 Å². The molecule has 0 heterocycles. The molecule has 2 N–H and O–H groups in total. The number of guanidine groups is 1. The molecule has 5 rings (SSSR count). The highest BCUT2D eigenvalue weighted by Crippen LogP contribution is 2.37. The third-order valence-electron chi connectivity index (χ3n) is 5.80. The number of aryl methyl sites for hydroxylation is 2. The SMILES string of the molecule is CS(=O)(=O)ON(C(N)=Nc1cccc(OCc2ccccc2)c1)c1ccc2c3c(cccc13)CC2. The van der Waals surface area contributed by atoms with E-state index in [0.29, 0.717) is 23.7 Å². The highest BCUT2D eigenvalue weighted by molar-refractivity contribution is 7.86. The fourth-order valence-corrected chi connectivity index (χ4v) is 4.73. The number of ether oxygens (including phenoxy) is 1. The molecule has 0 fully saturated rings. The van der Waals surface area contributed by atoms with Gasteiger partial charge in [-0.3, -0.25) is 0 Å². The van der Waals surface area contributed by atoms with E-state index >= 15 is 0 Å². The molecule has 178 valence electrons. The molecule has 7 nitrogen and oxygen atoms in total. The van der Waals surface area contributed by atoms with Crippen molar-refractivity contribution in [3.05, 3.63) is 102 Å². The molecule has 1 aliphatic rings. The van der Waals surface area contributed by atoms with Gasteiger partial charge in [-0.25, -0.2) is 4.99 Å². The van der Waals surface area contributed by atoms with Crippen LogP contribution in [0.1, 0.15) is 16.7 Å². The summed E-state index contributed by atoms with van der Waals surface area (Å²) in [6, 6.07) is 26.7. The minimum absolute atomic E-state index is 0.116. The molecule has 0 radical (unpaired) electrons. The van der Waals surface area contributed by atoms with E-state index in [9.17, 15) is 8.42 Å². The Balaban J connectivity index is 1.48. The van der Waals surface area contributed by atoms with Gasteiger partial charge in [-0.15, -0.1) is 4.28 Å². The molecule has 1 aliphatic carbocycles. The molecule has 4 aromatic carbocycles. The molecular weight excluding hydrogens is 462 g/mol. The Hall–Kier alpha value is -3.88. The largest absolute Gasteiger partial charge is 0.489 e. The summed E-state index contributed by atoms with van der Waals surface area (Å²) in [5.74, 6) is 0.498. The zero-order chi connectivity index (χ0) is 24.4. The average molecular weight is 488 g/mol. The van der Waals surface area contributed by atoms with E-state index in [1.807, 2.05) is 60.7 Å². The first-order chi connectivity index (χ1) is 16.9. The number of hydrogen-bond acceptors (Lipinski definition) is 5. The highest BCUT2D eigenvalue weighted by atomic mass is 32.2. The molecule has 0 aromatic heterocycles. The molecule has 0 amide bonds. The van der Waals surface area contributed by atoms with Crippen molar-refractivity contribution in [2.45, 2.75) is 19.4 Å². The standard InChI is InChI=1S/C27H25N3O4S/c1-35(31,32)34-30(25-16-15-21-14-13-20-9-5-12-24(25)26(20)21)27(28)29-22-10-6-11-23(17-22)33-18-19-7-3-2-4-8-19/h2-12,15-17H,13-14,18H2,1H3,(H2,28,29). The van der Waals surface area contributed by atoms with Gasteiger partial charge in [0.1, 0.15) is 12.4 Å². The van der Waals surface area contributed by atoms with Gasteiger partial charge >= 0.3 is 0 Å². The molecule has 0 atom stereocenters. The quantitative estimate of drug-likeness (QED) is 0.227. The minimum atomic E-state index is -3.89. The maximum Gasteiger partial charge on any atom is 0.285 e. The first kappa shape index (κ1) is 22.9. The lowest BCUT2D eigenvalue weighted by atomic mass is 10.0. The molecule has 0 saturated heterocycles. The number of anilines is 1. The lowest BCUT2D eigenvalue weighted by Gasteiger charge is -2.23. The van der Waals surface area contributed by atoms with Crippen molar-refractivity contribution in [1.29, 1.82) is 0 Å². The van der Waals surface area contributed by atoms with E-state index in [0.717, 1.165) is 40.5 Å². The smallest absolute Gasteiger partial charge is 0.285 e. The number of nitrogens with two attached hydrogens (primary N) is 1. The van der Waals surface area contributed by atoms with Crippen molar-refractivity contribution < 1.29 is 17.4 Å².